The molecular weight excluding hydrogens is 282 g/mol. The summed E-state index contributed by atoms with van der Waals surface area (Å²) in [5.41, 5.74) is 4.59. The Morgan fingerprint density at radius 1 is 1.24 bits per heavy atom. The Bertz CT molecular complexity index is 508. The van der Waals surface area contributed by atoms with Crippen LogP contribution in [-0.4, -0.2) is 38.8 Å². The van der Waals surface area contributed by atoms with Gasteiger partial charge in [-0.3, -0.25) is 15.4 Å². The highest BCUT2D eigenvalue weighted by Gasteiger charge is 2.30. The van der Waals surface area contributed by atoms with Crippen molar-refractivity contribution >= 4 is 23.0 Å². The molecule has 2 saturated heterocycles. The second-order valence-corrected chi connectivity index (χ2v) is 6.38. The maximum absolute atomic E-state index is 5.51. The van der Waals surface area contributed by atoms with Gasteiger partial charge in [0.25, 0.3) is 0 Å². The normalized spacial score (nSPS) is 25.6. The molecule has 4 rings (SSSR count). The Morgan fingerprint density at radius 3 is 2.48 bits per heavy atom. The lowest BCUT2D eigenvalue weighted by molar-refractivity contribution is 0.326. The van der Waals surface area contributed by atoms with Gasteiger partial charge in [-0.1, -0.05) is 0 Å². The SMILES string of the molecule is C/C(=N\NC(=S)N1CC2CCC(CC2)C1)c1cnccn1. The molecule has 1 saturated carbocycles. The van der Waals surface area contributed by atoms with Crippen LogP contribution in [0.3, 0.4) is 0 Å². The highest BCUT2D eigenvalue weighted by Crippen LogP contribution is 2.33. The number of hydrazone groups is 1. The first-order valence-electron chi connectivity index (χ1n) is 7.58. The maximum atomic E-state index is 5.51. The molecule has 0 radical (unpaired) electrons. The number of aromatic nitrogens is 2. The minimum atomic E-state index is 0.733. The van der Waals surface area contributed by atoms with Crippen LogP contribution in [-0.2, 0) is 0 Å². The zero-order chi connectivity index (χ0) is 14.7. The largest absolute Gasteiger partial charge is 0.347 e. The topological polar surface area (TPSA) is 53.4 Å². The average Bonchev–Trinajstić information content (AvgIpc) is 2.87. The summed E-state index contributed by atoms with van der Waals surface area (Å²) in [6, 6.07) is 0. The van der Waals surface area contributed by atoms with Crippen LogP contribution in [0, 0.1) is 11.8 Å². The molecule has 5 nitrogen and oxygen atoms in total. The van der Waals surface area contributed by atoms with Crippen molar-refractivity contribution in [2.75, 3.05) is 13.1 Å². The van der Waals surface area contributed by atoms with E-state index in [1.807, 2.05) is 6.92 Å². The molecule has 0 amide bonds. The first-order valence-corrected chi connectivity index (χ1v) is 7.99. The zero-order valence-corrected chi connectivity index (χ0v) is 13.1. The van der Waals surface area contributed by atoms with E-state index in [-0.39, 0.29) is 0 Å². The van der Waals surface area contributed by atoms with Crippen LogP contribution in [0.2, 0.25) is 0 Å². The third-order valence-electron chi connectivity index (χ3n) is 4.46. The molecule has 1 N–H and O–H groups in total. The summed E-state index contributed by atoms with van der Waals surface area (Å²) < 4.78 is 0. The molecule has 6 heteroatoms. The van der Waals surface area contributed by atoms with E-state index in [9.17, 15) is 0 Å². The fourth-order valence-electron chi connectivity index (χ4n) is 3.21. The first kappa shape index (κ1) is 14.4. The first-order chi connectivity index (χ1) is 10.2. The van der Waals surface area contributed by atoms with Crippen LogP contribution in [0.5, 0.6) is 0 Å². The summed E-state index contributed by atoms with van der Waals surface area (Å²) in [6.07, 6.45) is 10.4. The Labute approximate surface area is 130 Å². The van der Waals surface area contributed by atoms with Crippen molar-refractivity contribution in [2.24, 2.45) is 16.9 Å². The van der Waals surface area contributed by atoms with Crippen molar-refractivity contribution in [2.45, 2.75) is 32.6 Å². The predicted octanol–water partition coefficient (Wildman–Crippen LogP) is 2.20. The Balaban J connectivity index is 1.61. The minimum Gasteiger partial charge on any atom is -0.347 e. The van der Waals surface area contributed by atoms with Gasteiger partial charge in [0.05, 0.1) is 11.9 Å². The van der Waals surface area contributed by atoms with E-state index in [4.69, 9.17) is 12.2 Å². The van der Waals surface area contributed by atoms with E-state index in [0.29, 0.717) is 0 Å². The molecular formula is C15H21N5S. The number of hydrogen-bond acceptors (Lipinski definition) is 4. The van der Waals surface area contributed by atoms with Gasteiger partial charge in [0, 0.05) is 25.5 Å². The fourth-order valence-corrected chi connectivity index (χ4v) is 3.40. The molecule has 0 atom stereocenters. The number of hydrogen-bond donors (Lipinski definition) is 1. The molecule has 3 aliphatic rings. The molecule has 1 aliphatic carbocycles. The van der Waals surface area contributed by atoms with E-state index in [2.05, 4.69) is 25.4 Å². The van der Waals surface area contributed by atoms with Gasteiger partial charge in [-0.15, -0.1) is 0 Å². The van der Waals surface area contributed by atoms with Crippen molar-refractivity contribution in [3.8, 4) is 0 Å². The van der Waals surface area contributed by atoms with Crippen LogP contribution < -0.4 is 5.43 Å². The number of nitrogens with zero attached hydrogens (tertiary/aromatic N) is 4. The third-order valence-corrected chi connectivity index (χ3v) is 4.81. The summed E-state index contributed by atoms with van der Waals surface area (Å²) in [6.45, 7) is 4.05. The molecule has 2 aliphatic heterocycles. The Morgan fingerprint density at radius 2 is 1.90 bits per heavy atom. The quantitative estimate of drug-likeness (QED) is 0.516. The predicted molar refractivity (Wildman–Crippen MR) is 87.0 cm³/mol. The standard InChI is InChI=1S/C15H21N5S/c1-11(14-8-16-6-7-17-14)18-19-15(21)20-9-12-2-3-13(10-20)5-4-12/h6-8,12-13H,2-5,9-10H2,1H3,(H,19,21)/b18-11+. The molecule has 1 aromatic heterocycles. The highest BCUT2D eigenvalue weighted by molar-refractivity contribution is 7.80. The van der Waals surface area contributed by atoms with Crippen molar-refractivity contribution in [1.82, 2.24) is 20.3 Å². The van der Waals surface area contributed by atoms with Gasteiger partial charge in [-0.05, 0) is 56.7 Å². The van der Waals surface area contributed by atoms with E-state index in [1.54, 1.807) is 18.6 Å². The molecule has 21 heavy (non-hydrogen) atoms. The molecule has 3 heterocycles. The summed E-state index contributed by atoms with van der Waals surface area (Å²) in [5.74, 6) is 1.60. The number of rotatable bonds is 2. The van der Waals surface area contributed by atoms with Gasteiger partial charge in [0.2, 0.25) is 0 Å². The van der Waals surface area contributed by atoms with Crippen LogP contribution in [0.1, 0.15) is 38.3 Å². The van der Waals surface area contributed by atoms with Gasteiger partial charge in [0.1, 0.15) is 5.69 Å². The summed E-state index contributed by atoms with van der Waals surface area (Å²) in [4.78, 5) is 10.6. The number of nitrogens with one attached hydrogen (secondary N) is 1. The van der Waals surface area contributed by atoms with Crippen LogP contribution in [0.4, 0.5) is 0 Å². The Hall–Kier alpha value is -1.56. The summed E-state index contributed by atoms with van der Waals surface area (Å²) >= 11 is 5.51. The smallest absolute Gasteiger partial charge is 0.189 e. The molecule has 0 spiro atoms. The van der Waals surface area contributed by atoms with E-state index >= 15 is 0 Å². The second kappa shape index (κ2) is 6.47. The lowest BCUT2D eigenvalue weighted by Gasteiger charge is -2.24. The Kier molecular flexibility index (Phi) is 4.43. The lowest BCUT2D eigenvalue weighted by Crippen LogP contribution is -2.40. The molecule has 3 fully saturated rings. The molecule has 2 bridgehead atoms. The molecule has 0 aromatic carbocycles. The van der Waals surface area contributed by atoms with Crippen molar-refractivity contribution in [3.63, 3.8) is 0 Å². The second-order valence-electron chi connectivity index (χ2n) is 6.00. The third kappa shape index (κ3) is 3.56. The van der Waals surface area contributed by atoms with Crippen molar-refractivity contribution in [3.05, 3.63) is 24.3 Å². The van der Waals surface area contributed by atoms with E-state index < -0.39 is 0 Å². The number of fused-ring (bicyclic) bond motifs is 4. The highest BCUT2D eigenvalue weighted by atomic mass is 32.1. The van der Waals surface area contributed by atoms with Crippen molar-refractivity contribution < 1.29 is 0 Å². The molecule has 112 valence electrons. The monoisotopic (exact) mass is 303 g/mol. The average molecular weight is 303 g/mol. The van der Waals surface area contributed by atoms with E-state index in [0.717, 1.165) is 41.4 Å². The molecule has 0 unspecified atom stereocenters. The van der Waals surface area contributed by atoms with Gasteiger partial charge < -0.3 is 4.90 Å². The summed E-state index contributed by atoms with van der Waals surface area (Å²) in [7, 11) is 0. The van der Waals surface area contributed by atoms with Gasteiger partial charge in [-0.2, -0.15) is 5.10 Å². The molecule has 1 aromatic rings. The lowest BCUT2D eigenvalue weighted by atomic mass is 9.84. The zero-order valence-electron chi connectivity index (χ0n) is 12.3. The van der Waals surface area contributed by atoms with Gasteiger partial charge in [0.15, 0.2) is 5.11 Å². The van der Waals surface area contributed by atoms with Crippen molar-refractivity contribution in [1.29, 1.82) is 0 Å². The fraction of sp³-hybridized carbons (Fsp3) is 0.600. The van der Waals surface area contributed by atoms with Crippen LogP contribution in [0.25, 0.3) is 0 Å². The minimum absolute atomic E-state index is 0.733. The van der Waals surface area contributed by atoms with E-state index in [1.165, 1.54) is 25.7 Å². The maximum Gasteiger partial charge on any atom is 0.189 e. The number of thiocarbonyl (C=S) groups is 1. The van der Waals surface area contributed by atoms with Gasteiger partial charge in [-0.25, -0.2) is 0 Å². The van der Waals surface area contributed by atoms with Gasteiger partial charge >= 0.3 is 0 Å². The van der Waals surface area contributed by atoms with Crippen LogP contribution in [0.15, 0.2) is 23.7 Å². The summed E-state index contributed by atoms with van der Waals surface area (Å²) in [5, 5.41) is 5.09. The van der Waals surface area contributed by atoms with Crippen LogP contribution >= 0.6 is 12.2 Å².